The van der Waals surface area contributed by atoms with Crippen LogP contribution in [0.15, 0.2) is 95.5 Å². The molecule has 0 aliphatic heterocycles. The van der Waals surface area contributed by atoms with E-state index in [4.69, 9.17) is 4.74 Å². The summed E-state index contributed by atoms with van der Waals surface area (Å²) in [5.41, 5.74) is 2.07. The quantitative estimate of drug-likeness (QED) is 0.246. The van der Waals surface area contributed by atoms with Crippen LogP contribution >= 0.6 is 15.9 Å². The number of halogens is 2. The molecule has 0 aromatic heterocycles. The van der Waals surface area contributed by atoms with Crippen molar-refractivity contribution >= 4 is 44.7 Å². The van der Waals surface area contributed by atoms with Crippen LogP contribution in [0.4, 0.5) is 4.39 Å². The number of carboxylic acids is 1. The number of ether oxygens (including phenoxy) is 1. The molecule has 182 valence electrons. The van der Waals surface area contributed by atoms with Crippen molar-refractivity contribution in [3.05, 3.63) is 118 Å². The highest BCUT2D eigenvalue weighted by atomic mass is 79.9. The zero-order chi connectivity index (χ0) is 25.5. The number of carbonyl (C=O) groups is 2. The highest BCUT2D eigenvalue weighted by molar-refractivity contribution is 9.10. The van der Waals surface area contributed by atoms with Gasteiger partial charge in [-0.05, 0) is 58.3 Å². The van der Waals surface area contributed by atoms with Gasteiger partial charge in [-0.1, -0.05) is 70.5 Å². The summed E-state index contributed by atoms with van der Waals surface area (Å²) in [6, 6.07) is 23.9. The Labute approximate surface area is 216 Å². The van der Waals surface area contributed by atoms with E-state index in [1.165, 1.54) is 12.1 Å². The molecule has 1 amide bonds. The summed E-state index contributed by atoms with van der Waals surface area (Å²) in [6.45, 7) is 0.118. The highest BCUT2D eigenvalue weighted by Crippen LogP contribution is 2.24. The minimum Gasteiger partial charge on any atom is -0.489 e. The van der Waals surface area contributed by atoms with Crippen LogP contribution in [0.1, 0.15) is 16.7 Å². The molecular weight excluding hydrogens is 525 g/mol. The molecule has 1 unspecified atom stereocenters. The minimum absolute atomic E-state index is 0.118. The normalized spacial score (nSPS) is 11.9. The SMILES string of the molecule is O=C(/C=C/c1ccc(Br)cc1)NC(Cc1ccc2cc(OCc3ccccc3F)ccc2c1)C(=O)O. The smallest absolute Gasteiger partial charge is 0.326 e. The molecule has 0 aliphatic carbocycles. The molecule has 4 aromatic carbocycles. The topological polar surface area (TPSA) is 75.6 Å². The summed E-state index contributed by atoms with van der Waals surface area (Å²) in [4.78, 5) is 24.1. The summed E-state index contributed by atoms with van der Waals surface area (Å²) >= 11 is 3.35. The molecule has 1 atom stereocenters. The molecule has 36 heavy (non-hydrogen) atoms. The largest absolute Gasteiger partial charge is 0.489 e. The second-order valence-corrected chi connectivity index (χ2v) is 9.13. The molecule has 0 heterocycles. The van der Waals surface area contributed by atoms with E-state index in [-0.39, 0.29) is 18.8 Å². The Balaban J connectivity index is 1.40. The number of benzene rings is 4. The molecule has 5 nitrogen and oxygen atoms in total. The Kier molecular flexibility index (Phi) is 8.13. The third-order valence-electron chi connectivity index (χ3n) is 5.58. The van der Waals surface area contributed by atoms with Gasteiger partial charge in [-0.3, -0.25) is 4.79 Å². The summed E-state index contributed by atoms with van der Waals surface area (Å²) in [7, 11) is 0. The average Bonchev–Trinajstić information content (AvgIpc) is 2.87. The van der Waals surface area contributed by atoms with Gasteiger partial charge in [0.2, 0.25) is 5.91 Å². The van der Waals surface area contributed by atoms with Crippen molar-refractivity contribution in [1.29, 1.82) is 0 Å². The van der Waals surface area contributed by atoms with Crippen LogP contribution in [0.3, 0.4) is 0 Å². The van der Waals surface area contributed by atoms with Gasteiger partial charge >= 0.3 is 5.97 Å². The standard InChI is InChI=1S/C29H23BrFNO4/c30-24-11-6-19(7-12-24)8-14-28(33)32-27(29(34)35)16-20-5-9-22-17-25(13-10-21(22)15-20)36-18-23-3-1-2-4-26(23)31/h1-15,17,27H,16,18H2,(H,32,33)(H,34,35)/b14-8+. The van der Waals surface area contributed by atoms with Crippen molar-refractivity contribution in [1.82, 2.24) is 5.32 Å². The number of hydrogen-bond donors (Lipinski definition) is 2. The maximum absolute atomic E-state index is 13.8. The zero-order valence-electron chi connectivity index (χ0n) is 19.2. The lowest BCUT2D eigenvalue weighted by Crippen LogP contribution is -2.41. The van der Waals surface area contributed by atoms with E-state index in [1.54, 1.807) is 30.3 Å². The predicted octanol–water partition coefficient (Wildman–Crippen LogP) is 6.15. The first-order valence-corrected chi connectivity index (χ1v) is 12.0. The summed E-state index contributed by atoms with van der Waals surface area (Å²) in [5, 5.41) is 14.0. The van der Waals surface area contributed by atoms with Gasteiger partial charge < -0.3 is 15.2 Å². The summed E-state index contributed by atoms with van der Waals surface area (Å²) in [6.07, 6.45) is 3.08. The van der Waals surface area contributed by atoms with Gasteiger partial charge in [0.05, 0.1) is 0 Å². The predicted molar refractivity (Wildman–Crippen MR) is 141 cm³/mol. The number of amides is 1. The molecule has 4 aromatic rings. The zero-order valence-corrected chi connectivity index (χ0v) is 20.7. The molecule has 2 N–H and O–H groups in total. The molecular formula is C29H23BrFNO4. The fourth-order valence-corrected chi connectivity index (χ4v) is 3.93. The molecule has 0 saturated heterocycles. The third-order valence-corrected chi connectivity index (χ3v) is 6.11. The van der Waals surface area contributed by atoms with Crippen LogP contribution in [-0.4, -0.2) is 23.0 Å². The second-order valence-electron chi connectivity index (χ2n) is 8.21. The van der Waals surface area contributed by atoms with Gasteiger partial charge in [-0.15, -0.1) is 0 Å². The third kappa shape index (κ3) is 6.79. The van der Waals surface area contributed by atoms with E-state index < -0.39 is 17.9 Å². The van der Waals surface area contributed by atoms with Crippen molar-refractivity contribution in [3.63, 3.8) is 0 Å². The monoisotopic (exact) mass is 547 g/mol. The van der Waals surface area contributed by atoms with E-state index in [2.05, 4.69) is 21.2 Å². The Morgan fingerprint density at radius 1 is 0.972 bits per heavy atom. The highest BCUT2D eigenvalue weighted by Gasteiger charge is 2.19. The van der Waals surface area contributed by atoms with Crippen LogP contribution in [0.5, 0.6) is 5.75 Å². The molecule has 0 radical (unpaired) electrons. The number of fused-ring (bicyclic) bond motifs is 1. The second kappa shape index (κ2) is 11.6. The molecule has 0 fully saturated rings. The summed E-state index contributed by atoms with van der Waals surface area (Å²) < 4.78 is 20.5. The van der Waals surface area contributed by atoms with E-state index in [1.807, 2.05) is 54.6 Å². The maximum Gasteiger partial charge on any atom is 0.326 e. The number of carbonyl (C=O) groups excluding carboxylic acids is 1. The first-order valence-electron chi connectivity index (χ1n) is 11.2. The van der Waals surface area contributed by atoms with E-state index in [9.17, 15) is 19.1 Å². The van der Waals surface area contributed by atoms with Crippen LogP contribution in [-0.2, 0) is 22.6 Å². The lowest BCUT2D eigenvalue weighted by atomic mass is 10.0. The summed E-state index contributed by atoms with van der Waals surface area (Å²) in [5.74, 6) is -1.31. The Morgan fingerprint density at radius 2 is 1.69 bits per heavy atom. The lowest BCUT2D eigenvalue weighted by molar-refractivity contribution is -0.141. The van der Waals surface area contributed by atoms with E-state index in [0.29, 0.717) is 11.3 Å². The van der Waals surface area contributed by atoms with Crippen molar-refractivity contribution in [2.75, 3.05) is 0 Å². The molecule has 0 aliphatic rings. The minimum atomic E-state index is -1.11. The number of nitrogens with one attached hydrogen (secondary N) is 1. The van der Waals surface area contributed by atoms with Crippen LogP contribution in [0, 0.1) is 5.82 Å². The Hall–Kier alpha value is -3.97. The van der Waals surface area contributed by atoms with Crippen LogP contribution in [0.2, 0.25) is 0 Å². The van der Waals surface area contributed by atoms with Gasteiger partial charge in [0.1, 0.15) is 24.2 Å². The van der Waals surface area contributed by atoms with E-state index >= 15 is 0 Å². The van der Waals surface area contributed by atoms with Crippen molar-refractivity contribution < 1.29 is 23.8 Å². The number of hydrogen-bond acceptors (Lipinski definition) is 3. The average molecular weight is 548 g/mol. The first kappa shape index (κ1) is 25.1. The van der Waals surface area contributed by atoms with Crippen LogP contribution in [0.25, 0.3) is 16.8 Å². The Morgan fingerprint density at radius 3 is 2.44 bits per heavy atom. The number of carboxylic acid groups (broad SMARTS) is 1. The van der Waals surface area contributed by atoms with Gasteiger partial charge in [0.15, 0.2) is 0 Å². The first-order chi connectivity index (χ1) is 17.4. The van der Waals surface area contributed by atoms with E-state index in [0.717, 1.165) is 26.4 Å². The molecule has 0 spiro atoms. The van der Waals surface area contributed by atoms with Crippen LogP contribution < -0.4 is 10.1 Å². The van der Waals surface area contributed by atoms with Gasteiger partial charge in [0.25, 0.3) is 0 Å². The Bertz CT molecular complexity index is 1420. The molecule has 0 saturated carbocycles. The molecule has 4 rings (SSSR count). The van der Waals surface area contributed by atoms with Crippen molar-refractivity contribution in [3.8, 4) is 5.75 Å². The number of aliphatic carboxylic acids is 1. The molecule has 0 bridgehead atoms. The fourth-order valence-electron chi connectivity index (χ4n) is 3.67. The fraction of sp³-hybridized carbons (Fsp3) is 0.103. The molecule has 7 heteroatoms. The van der Waals surface area contributed by atoms with Gasteiger partial charge in [-0.25, -0.2) is 9.18 Å². The van der Waals surface area contributed by atoms with Crippen molar-refractivity contribution in [2.24, 2.45) is 0 Å². The van der Waals surface area contributed by atoms with Crippen molar-refractivity contribution in [2.45, 2.75) is 19.1 Å². The number of rotatable bonds is 9. The van der Waals surface area contributed by atoms with Gasteiger partial charge in [-0.2, -0.15) is 0 Å². The lowest BCUT2D eigenvalue weighted by Gasteiger charge is -2.14. The van der Waals surface area contributed by atoms with Gasteiger partial charge in [0, 0.05) is 22.5 Å². The maximum atomic E-state index is 13.8.